The van der Waals surface area contributed by atoms with Crippen LogP contribution in [0.5, 0.6) is 0 Å². The van der Waals surface area contributed by atoms with E-state index in [2.05, 4.69) is 233 Å². The highest BCUT2D eigenvalue weighted by Gasteiger charge is 2.46. The second-order valence-corrected chi connectivity index (χ2v) is 17.7. The predicted molar refractivity (Wildman–Crippen MR) is 257 cm³/mol. The Bertz CT molecular complexity index is 3400. The van der Waals surface area contributed by atoms with Gasteiger partial charge in [-0.15, -0.1) is 0 Å². The second-order valence-electron chi connectivity index (χ2n) is 17.7. The Morgan fingerprint density at radius 2 is 0.803 bits per heavy atom. The Morgan fingerprint density at radius 1 is 0.295 bits per heavy atom. The lowest BCUT2D eigenvalue weighted by Gasteiger charge is -2.34. The van der Waals surface area contributed by atoms with Crippen molar-refractivity contribution >= 4 is 21.5 Å². The molecule has 12 rings (SSSR count). The molecule has 0 radical (unpaired) electrons. The van der Waals surface area contributed by atoms with Crippen LogP contribution in [0.4, 0.5) is 0 Å². The van der Waals surface area contributed by atoms with Gasteiger partial charge in [0.2, 0.25) is 0 Å². The van der Waals surface area contributed by atoms with E-state index in [1.165, 1.54) is 116 Å². The minimum Gasteiger partial charge on any atom is -0.0622 e. The number of rotatable bonds is 5. The lowest BCUT2D eigenvalue weighted by molar-refractivity contribution is 0.660. The van der Waals surface area contributed by atoms with Crippen molar-refractivity contribution in [2.24, 2.45) is 0 Å². The summed E-state index contributed by atoms with van der Waals surface area (Å²) in [4.78, 5) is 0. The van der Waals surface area contributed by atoms with Crippen LogP contribution in [-0.4, -0.2) is 0 Å². The van der Waals surface area contributed by atoms with Crippen LogP contribution >= 0.6 is 0 Å². The first-order valence-corrected chi connectivity index (χ1v) is 21.6. The third-order valence-electron chi connectivity index (χ3n) is 14.0. The zero-order valence-electron chi connectivity index (χ0n) is 34.7. The minimum atomic E-state index is -0.512. The maximum Gasteiger partial charge on any atom is 0.0713 e. The number of aryl methyl sites for hydroxylation is 1. The van der Waals surface area contributed by atoms with E-state index in [1.54, 1.807) is 0 Å². The normalized spacial score (nSPS) is 15.7. The van der Waals surface area contributed by atoms with Crippen LogP contribution in [0.3, 0.4) is 0 Å². The Labute approximate surface area is 358 Å². The van der Waals surface area contributed by atoms with Crippen molar-refractivity contribution in [1.82, 2.24) is 0 Å². The molecule has 0 spiro atoms. The molecule has 2 aliphatic rings. The van der Waals surface area contributed by atoms with Crippen LogP contribution in [0, 0.1) is 6.92 Å². The van der Waals surface area contributed by atoms with Gasteiger partial charge in [-0.25, -0.2) is 0 Å². The van der Waals surface area contributed by atoms with Gasteiger partial charge >= 0.3 is 0 Å². The van der Waals surface area contributed by atoms with E-state index in [-0.39, 0.29) is 5.41 Å². The van der Waals surface area contributed by atoms with Gasteiger partial charge in [0, 0.05) is 5.41 Å². The highest BCUT2D eigenvalue weighted by atomic mass is 14.5. The molecule has 288 valence electrons. The second kappa shape index (κ2) is 13.4. The van der Waals surface area contributed by atoms with Gasteiger partial charge in [-0.1, -0.05) is 201 Å². The first-order chi connectivity index (χ1) is 29.9. The molecule has 0 aliphatic heterocycles. The van der Waals surface area contributed by atoms with E-state index in [9.17, 15) is 0 Å². The maximum atomic E-state index is 2.47. The molecule has 61 heavy (non-hydrogen) atoms. The average molecular weight is 777 g/mol. The molecule has 2 aliphatic carbocycles. The van der Waals surface area contributed by atoms with Gasteiger partial charge in [0.05, 0.1) is 5.41 Å². The van der Waals surface area contributed by atoms with Gasteiger partial charge in [0.1, 0.15) is 0 Å². The Kier molecular flexibility index (Phi) is 7.81. The number of hydrogen-bond acceptors (Lipinski definition) is 0. The Hall–Kier alpha value is -7.28. The fourth-order valence-corrected chi connectivity index (χ4v) is 11.0. The first-order valence-electron chi connectivity index (χ1n) is 21.6. The zero-order valence-corrected chi connectivity index (χ0v) is 34.7. The van der Waals surface area contributed by atoms with Crippen molar-refractivity contribution in [1.29, 1.82) is 0 Å². The summed E-state index contributed by atoms with van der Waals surface area (Å²) in [7, 11) is 0. The quantitative estimate of drug-likeness (QED) is 0.163. The van der Waals surface area contributed by atoms with E-state index < -0.39 is 5.41 Å². The van der Waals surface area contributed by atoms with E-state index in [1.807, 2.05) is 0 Å². The fourth-order valence-electron chi connectivity index (χ4n) is 11.0. The molecule has 1 atom stereocenters. The summed E-state index contributed by atoms with van der Waals surface area (Å²) >= 11 is 0. The third-order valence-corrected chi connectivity index (χ3v) is 14.0. The largest absolute Gasteiger partial charge is 0.0713 e. The van der Waals surface area contributed by atoms with Crippen LogP contribution in [0.2, 0.25) is 0 Å². The summed E-state index contributed by atoms with van der Waals surface area (Å²) in [5, 5.41) is 5.02. The summed E-state index contributed by atoms with van der Waals surface area (Å²) in [5.41, 5.74) is 21.5. The summed E-state index contributed by atoms with van der Waals surface area (Å²) < 4.78 is 0. The van der Waals surface area contributed by atoms with Crippen molar-refractivity contribution in [3.8, 4) is 55.6 Å². The average Bonchev–Trinajstić information content (AvgIpc) is 3.74. The lowest BCUT2D eigenvalue weighted by Crippen LogP contribution is -2.28. The molecule has 10 aromatic rings. The Morgan fingerprint density at radius 3 is 1.57 bits per heavy atom. The van der Waals surface area contributed by atoms with Crippen LogP contribution < -0.4 is 0 Å². The van der Waals surface area contributed by atoms with Crippen molar-refractivity contribution in [3.63, 3.8) is 0 Å². The monoisotopic (exact) mass is 776 g/mol. The molecule has 0 fully saturated rings. The molecular weight excluding hydrogens is 733 g/mol. The van der Waals surface area contributed by atoms with Gasteiger partial charge in [-0.05, 0) is 148 Å². The van der Waals surface area contributed by atoms with E-state index in [4.69, 9.17) is 0 Å². The molecule has 10 aromatic carbocycles. The van der Waals surface area contributed by atoms with Gasteiger partial charge in [-0.2, -0.15) is 0 Å². The summed E-state index contributed by atoms with van der Waals surface area (Å²) in [6.07, 6.45) is 0. The molecule has 0 saturated carbocycles. The summed E-state index contributed by atoms with van der Waals surface area (Å²) in [6, 6.07) is 80.1. The maximum absolute atomic E-state index is 2.47. The minimum absolute atomic E-state index is 0.0250. The highest BCUT2D eigenvalue weighted by Crippen LogP contribution is 2.57. The number of benzene rings is 10. The van der Waals surface area contributed by atoms with Gasteiger partial charge in [-0.3, -0.25) is 0 Å². The van der Waals surface area contributed by atoms with Crippen LogP contribution in [-0.2, 0) is 10.8 Å². The van der Waals surface area contributed by atoms with Crippen molar-refractivity contribution in [3.05, 3.63) is 251 Å². The zero-order chi connectivity index (χ0) is 40.9. The molecule has 0 saturated heterocycles. The van der Waals surface area contributed by atoms with E-state index in [0.717, 1.165) is 0 Å². The van der Waals surface area contributed by atoms with Crippen molar-refractivity contribution < 1.29 is 0 Å². The van der Waals surface area contributed by atoms with Gasteiger partial charge in [0.15, 0.2) is 0 Å². The number of fused-ring (bicyclic) bond motifs is 8. The molecule has 0 N–H and O–H groups in total. The SMILES string of the molecule is Cc1ccc2cc(-c3ccc4c(c3)C(c3ccccc3)(c3cccc(-c5ccc6cc(-c7cccc8c7-c7ccccc7C8(C)C)ccc6c5)c3)c3ccccc3-4)ccc2c1. The lowest BCUT2D eigenvalue weighted by atomic mass is 9.67. The first kappa shape index (κ1) is 35.6. The Balaban J connectivity index is 0.990. The molecule has 0 aromatic heterocycles. The molecule has 1 unspecified atom stereocenters. The fraction of sp³-hybridized carbons (Fsp3) is 0.0820. The van der Waals surface area contributed by atoms with Gasteiger partial charge < -0.3 is 0 Å². The number of hydrogen-bond donors (Lipinski definition) is 0. The predicted octanol–water partition coefficient (Wildman–Crippen LogP) is 16.0. The summed E-state index contributed by atoms with van der Waals surface area (Å²) in [6.45, 7) is 6.87. The van der Waals surface area contributed by atoms with E-state index >= 15 is 0 Å². The van der Waals surface area contributed by atoms with Crippen LogP contribution in [0.15, 0.2) is 212 Å². The smallest absolute Gasteiger partial charge is 0.0622 e. The van der Waals surface area contributed by atoms with Crippen LogP contribution in [0.25, 0.3) is 77.2 Å². The topological polar surface area (TPSA) is 0 Å². The molecule has 0 nitrogen and oxygen atoms in total. The van der Waals surface area contributed by atoms with Crippen molar-refractivity contribution in [2.75, 3.05) is 0 Å². The molecule has 0 amide bonds. The van der Waals surface area contributed by atoms with Crippen molar-refractivity contribution in [2.45, 2.75) is 31.6 Å². The summed E-state index contributed by atoms with van der Waals surface area (Å²) in [5.74, 6) is 0. The van der Waals surface area contributed by atoms with Crippen LogP contribution in [0.1, 0.15) is 52.8 Å². The molecule has 0 heteroatoms. The molecule has 0 bridgehead atoms. The van der Waals surface area contributed by atoms with Gasteiger partial charge in [0.25, 0.3) is 0 Å². The van der Waals surface area contributed by atoms with E-state index in [0.29, 0.717) is 0 Å². The standard InChI is InChI=1S/C61H44/c1-39-23-24-42-34-45(26-25-41(42)33-39)47-31-32-53-52-17-7-10-21-56(52)61(58(53)38-47,49-14-5-4-6-15-49)50-16-11-13-40(37-50)43-27-28-46-36-48(30-29-44(46)35-43)51-19-12-22-57-59(51)54-18-8-9-20-55(54)60(57,2)3/h4-38H,1-3H3. The molecule has 0 heterocycles. The molecular formula is C61H44. The highest BCUT2D eigenvalue weighted by molar-refractivity contribution is 5.97. The third kappa shape index (κ3) is 5.32.